The first-order valence-electron chi connectivity index (χ1n) is 6.38. The van der Waals surface area contributed by atoms with Gasteiger partial charge in [0, 0.05) is 24.7 Å². The Bertz CT molecular complexity index is 700. The van der Waals surface area contributed by atoms with Crippen LogP contribution in [0, 0.1) is 5.41 Å². The summed E-state index contributed by atoms with van der Waals surface area (Å²) in [6.07, 6.45) is 1.60. The lowest BCUT2D eigenvalue weighted by molar-refractivity contribution is -0.155. The van der Waals surface area contributed by atoms with Crippen molar-refractivity contribution in [1.82, 2.24) is 9.88 Å². The number of pyridine rings is 1. The number of hydrogen-bond acceptors (Lipinski definition) is 3. The summed E-state index contributed by atoms with van der Waals surface area (Å²) in [7, 11) is 0. The van der Waals surface area contributed by atoms with Crippen LogP contribution in [0.1, 0.15) is 17.4 Å². The van der Waals surface area contributed by atoms with Crippen molar-refractivity contribution < 1.29 is 14.7 Å². The zero-order valence-electron chi connectivity index (χ0n) is 11.0. The summed E-state index contributed by atoms with van der Waals surface area (Å²) >= 11 is 0. The van der Waals surface area contributed by atoms with Gasteiger partial charge in [0.2, 0.25) is 0 Å². The van der Waals surface area contributed by atoms with E-state index in [0.29, 0.717) is 5.69 Å². The molecule has 1 aliphatic rings. The van der Waals surface area contributed by atoms with Gasteiger partial charge in [-0.15, -0.1) is 0 Å². The highest BCUT2D eigenvalue weighted by Gasteiger charge is 2.47. The van der Waals surface area contributed by atoms with Gasteiger partial charge in [-0.25, -0.2) is 0 Å². The smallest absolute Gasteiger partial charge is 0.312 e. The molecule has 0 bridgehead atoms. The van der Waals surface area contributed by atoms with Crippen LogP contribution in [0.4, 0.5) is 0 Å². The van der Waals surface area contributed by atoms with Crippen LogP contribution < -0.4 is 0 Å². The number of carbonyl (C=O) groups is 2. The van der Waals surface area contributed by atoms with Gasteiger partial charge < -0.3 is 10.0 Å². The molecule has 102 valence electrons. The van der Waals surface area contributed by atoms with Crippen molar-refractivity contribution in [1.29, 1.82) is 0 Å². The number of nitrogens with zero attached hydrogens (tertiary/aromatic N) is 2. The summed E-state index contributed by atoms with van der Waals surface area (Å²) in [5, 5.41) is 10.8. The Labute approximate surface area is 115 Å². The van der Waals surface area contributed by atoms with Crippen molar-refractivity contribution in [2.24, 2.45) is 5.41 Å². The molecule has 1 saturated heterocycles. The number of carboxylic acid groups (broad SMARTS) is 1. The number of amides is 1. The third-order valence-electron chi connectivity index (χ3n) is 3.76. The molecule has 0 saturated carbocycles. The first-order chi connectivity index (χ1) is 9.51. The van der Waals surface area contributed by atoms with E-state index in [-0.39, 0.29) is 19.0 Å². The van der Waals surface area contributed by atoms with E-state index in [0.717, 1.165) is 10.8 Å². The number of carboxylic acids is 1. The molecule has 3 rings (SSSR count). The second-order valence-corrected chi connectivity index (χ2v) is 5.41. The molecule has 0 radical (unpaired) electrons. The van der Waals surface area contributed by atoms with Crippen molar-refractivity contribution >= 4 is 22.6 Å². The van der Waals surface area contributed by atoms with Crippen LogP contribution in [0.3, 0.4) is 0 Å². The second-order valence-electron chi connectivity index (χ2n) is 5.41. The number of aliphatic carboxylic acids is 1. The van der Waals surface area contributed by atoms with E-state index in [2.05, 4.69) is 4.98 Å². The first kappa shape index (κ1) is 12.6. The zero-order valence-corrected chi connectivity index (χ0v) is 11.0. The minimum Gasteiger partial charge on any atom is -0.481 e. The minimum absolute atomic E-state index is 0.208. The van der Waals surface area contributed by atoms with Gasteiger partial charge in [-0.3, -0.25) is 14.6 Å². The minimum atomic E-state index is -0.868. The molecular weight excluding hydrogens is 256 g/mol. The zero-order chi connectivity index (χ0) is 14.3. The standard InChI is InChI=1S/C15H14N2O3/c1-15(14(19)20)8-17(9-15)13(18)12-11-5-3-2-4-10(11)6-7-16-12/h2-7H,8-9H2,1H3,(H,19,20). The topological polar surface area (TPSA) is 70.5 Å². The van der Waals surface area contributed by atoms with E-state index in [9.17, 15) is 9.59 Å². The van der Waals surface area contributed by atoms with Crippen LogP contribution in [-0.2, 0) is 4.79 Å². The van der Waals surface area contributed by atoms with E-state index in [4.69, 9.17) is 5.11 Å². The quantitative estimate of drug-likeness (QED) is 0.903. The lowest BCUT2D eigenvalue weighted by atomic mass is 9.82. The van der Waals surface area contributed by atoms with Gasteiger partial charge in [-0.1, -0.05) is 24.3 Å². The van der Waals surface area contributed by atoms with E-state index in [1.54, 1.807) is 13.1 Å². The Kier molecular flexibility index (Phi) is 2.71. The number of hydrogen-bond donors (Lipinski definition) is 1. The Morgan fingerprint density at radius 1 is 1.25 bits per heavy atom. The second kappa shape index (κ2) is 4.30. The fraction of sp³-hybridized carbons (Fsp3) is 0.267. The predicted molar refractivity (Wildman–Crippen MR) is 73.4 cm³/mol. The highest BCUT2D eigenvalue weighted by Crippen LogP contribution is 2.31. The molecule has 20 heavy (non-hydrogen) atoms. The summed E-state index contributed by atoms with van der Waals surface area (Å²) in [6.45, 7) is 2.10. The van der Waals surface area contributed by atoms with Gasteiger partial charge in [0.15, 0.2) is 0 Å². The van der Waals surface area contributed by atoms with Gasteiger partial charge in [0.1, 0.15) is 11.1 Å². The van der Waals surface area contributed by atoms with E-state index >= 15 is 0 Å². The van der Waals surface area contributed by atoms with Crippen molar-refractivity contribution in [3.63, 3.8) is 0 Å². The summed E-state index contributed by atoms with van der Waals surface area (Å²) in [5.41, 5.74) is -0.448. The monoisotopic (exact) mass is 270 g/mol. The van der Waals surface area contributed by atoms with Gasteiger partial charge in [-0.05, 0) is 18.4 Å². The number of benzene rings is 1. The molecule has 0 atom stereocenters. The van der Waals surface area contributed by atoms with Crippen LogP contribution in [0.15, 0.2) is 36.5 Å². The van der Waals surface area contributed by atoms with Crippen molar-refractivity contribution in [2.45, 2.75) is 6.92 Å². The molecule has 1 aliphatic heterocycles. The SMILES string of the molecule is CC1(C(=O)O)CN(C(=O)c2nccc3ccccc23)C1. The predicted octanol–water partition coefficient (Wildman–Crippen LogP) is 1.78. The highest BCUT2D eigenvalue weighted by molar-refractivity contribution is 6.05. The van der Waals surface area contributed by atoms with E-state index < -0.39 is 11.4 Å². The van der Waals surface area contributed by atoms with Gasteiger partial charge >= 0.3 is 5.97 Å². The average molecular weight is 270 g/mol. The van der Waals surface area contributed by atoms with Crippen LogP contribution in [-0.4, -0.2) is 40.0 Å². The van der Waals surface area contributed by atoms with E-state index in [1.165, 1.54) is 4.90 Å². The molecule has 0 spiro atoms. The summed E-state index contributed by atoms with van der Waals surface area (Å²) in [4.78, 5) is 29.2. The van der Waals surface area contributed by atoms with Gasteiger partial charge in [0.25, 0.3) is 5.91 Å². The largest absolute Gasteiger partial charge is 0.481 e. The first-order valence-corrected chi connectivity index (χ1v) is 6.38. The van der Waals surface area contributed by atoms with Crippen LogP contribution in [0.25, 0.3) is 10.8 Å². The van der Waals surface area contributed by atoms with Crippen LogP contribution >= 0.6 is 0 Å². The molecule has 1 N–H and O–H groups in total. The maximum atomic E-state index is 12.4. The van der Waals surface area contributed by atoms with Crippen LogP contribution in [0.5, 0.6) is 0 Å². The maximum Gasteiger partial charge on any atom is 0.312 e. The summed E-state index contributed by atoms with van der Waals surface area (Å²) in [5.74, 6) is -1.08. The molecule has 1 aromatic carbocycles. The third kappa shape index (κ3) is 1.82. The molecule has 1 aromatic heterocycles. The fourth-order valence-corrected chi connectivity index (χ4v) is 2.51. The number of rotatable bonds is 2. The number of carbonyl (C=O) groups excluding carboxylic acids is 1. The van der Waals surface area contributed by atoms with Crippen LogP contribution in [0.2, 0.25) is 0 Å². The third-order valence-corrected chi connectivity index (χ3v) is 3.76. The molecule has 5 nitrogen and oxygen atoms in total. The Hall–Kier alpha value is -2.43. The normalized spacial score (nSPS) is 16.8. The molecule has 2 aromatic rings. The molecule has 0 aliphatic carbocycles. The lowest BCUT2D eigenvalue weighted by Crippen LogP contribution is -2.60. The Morgan fingerprint density at radius 3 is 2.65 bits per heavy atom. The number of fused-ring (bicyclic) bond motifs is 1. The van der Waals surface area contributed by atoms with Gasteiger partial charge in [0.05, 0.1) is 0 Å². The Morgan fingerprint density at radius 2 is 1.95 bits per heavy atom. The number of likely N-dealkylation sites (tertiary alicyclic amines) is 1. The maximum absolute atomic E-state index is 12.4. The molecule has 5 heteroatoms. The lowest BCUT2D eigenvalue weighted by Gasteiger charge is -2.44. The fourth-order valence-electron chi connectivity index (χ4n) is 2.51. The molecule has 1 fully saturated rings. The Balaban J connectivity index is 1.90. The molecule has 0 unspecified atom stereocenters. The summed E-state index contributed by atoms with van der Waals surface area (Å²) in [6, 6.07) is 9.39. The molecule has 1 amide bonds. The van der Waals surface area contributed by atoms with Crippen molar-refractivity contribution in [3.8, 4) is 0 Å². The van der Waals surface area contributed by atoms with Gasteiger partial charge in [-0.2, -0.15) is 0 Å². The van der Waals surface area contributed by atoms with Crippen molar-refractivity contribution in [2.75, 3.05) is 13.1 Å². The highest BCUT2D eigenvalue weighted by atomic mass is 16.4. The average Bonchev–Trinajstić information content (AvgIpc) is 2.42. The summed E-state index contributed by atoms with van der Waals surface area (Å²) < 4.78 is 0. The molecule has 2 heterocycles. The molecular formula is C15H14N2O3. The number of aromatic nitrogens is 1. The van der Waals surface area contributed by atoms with Crippen molar-refractivity contribution in [3.05, 3.63) is 42.2 Å². The van der Waals surface area contributed by atoms with E-state index in [1.807, 2.05) is 30.3 Å².